The molecule has 2 nitrogen and oxygen atoms in total. The Balaban J connectivity index is 2.44. The number of methoxy groups -OCH3 is 1. The molecule has 0 saturated heterocycles. The van der Waals surface area contributed by atoms with Crippen LogP contribution in [0.4, 0.5) is 0 Å². The molecule has 17 heavy (non-hydrogen) atoms. The van der Waals surface area contributed by atoms with Crippen LogP contribution >= 0.6 is 11.6 Å². The lowest BCUT2D eigenvalue weighted by Crippen LogP contribution is -1.93. The molecule has 0 aliphatic heterocycles. The van der Waals surface area contributed by atoms with E-state index in [1.165, 1.54) is 0 Å². The van der Waals surface area contributed by atoms with E-state index in [1.807, 2.05) is 30.3 Å². The second-order valence-corrected chi connectivity index (χ2v) is 4.00. The highest BCUT2D eigenvalue weighted by molar-refractivity contribution is 6.18. The predicted octanol–water partition coefficient (Wildman–Crippen LogP) is 3.34. The molecular weight excluding hydrogens is 234 g/mol. The maximum atomic E-state index is 5.78. The van der Waals surface area contributed by atoms with E-state index in [-0.39, 0.29) is 0 Å². The summed E-state index contributed by atoms with van der Waals surface area (Å²) in [5, 5.41) is 0. The van der Waals surface area contributed by atoms with Crippen molar-refractivity contribution in [3.63, 3.8) is 0 Å². The zero-order chi connectivity index (χ0) is 12.1. The summed E-state index contributed by atoms with van der Waals surface area (Å²) in [7, 11) is 1.66. The number of alkyl halides is 1. The maximum Gasteiger partial charge on any atom is 0.119 e. The van der Waals surface area contributed by atoms with Gasteiger partial charge in [0.1, 0.15) is 5.75 Å². The highest BCUT2D eigenvalue weighted by Gasteiger charge is 2.05. The normalized spacial score (nSPS) is 10.2. The van der Waals surface area contributed by atoms with E-state index in [4.69, 9.17) is 16.3 Å². The molecule has 1 aromatic heterocycles. The van der Waals surface area contributed by atoms with Gasteiger partial charge in [0.05, 0.1) is 13.3 Å². The molecule has 0 N–H and O–H groups in total. The SMILES string of the molecule is COc1cccc(-c2ccn[c]c2CCCl)c1. The molecule has 0 bridgehead atoms. The van der Waals surface area contributed by atoms with Crippen LogP contribution in [-0.4, -0.2) is 18.0 Å². The van der Waals surface area contributed by atoms with Crippen LogP contribution in [-0.2, 0) is 6.42 Å². The lowest BCUT2D eigenvalue weighted by molar-refractivity contribution is 0.415. The molecule has 0 atom stereocenters. The van der Waals surface area contributed by atoms with Gasteiger partial charge in [-0.3, -0.25) is 4.98 Å². The molecule has 0 amide bonds. The van der Waals surface area contributed by atoms with E-state index in [9.17, 15) is 0 Å². The van der Waals surface area contributed by atoms with Gasteiger partial charge in [-0.25, -0.2) is 0 Å². The molecule has 2 rings (SSSR count). The number of pyridine rings is 1. The Kier molecular flexibility index (Phi) is 3.99. The van der Waals surface area contributed by atoms with Gasteiger partial charge in [-0.2, -0.15) is 0 Å². The number of hydrogen-bond acceptors (Lipinski definition) is 2. The molecule has 0 aliphatic carbocycles. The zero-order valence-corrected chi connectivity index (χ0v) is 10.4. The van der Waals surface area contributed by atoms with Gasteiger partial charge in [0, 0.05) is 12.1 Å². The highest BCUT2D eigenvalue weighted by atomic mass is 35.5. The van der Waals surface area contributed by atoms with Crippen LogP contribution in [0.3, 0.4) is 0 Å². The zero-order valence-electron chi connectivity index (χ0n) is 9.61. The number of aromatic nitrogens is 1. The van der Waals surface area contributed by atoms with Crippen molar-refractivity contribution in [1.82, 2.24) is 4.98 Å². The number of ether oxygens (including phenoxy) is 1. The summed E-state index contributed by atoms with van der Waals surface area (Å²) in [4.78, 5) is 4.02. The molecule has 0 aliphatic rings. The van der Waals surface area contributed by atoms with Crippen LogP contribution in [0.15, 0.2) is 36.5 Å². The maximum absolute atomic E-state index is 5.78. The second-order valence-electron chi connectivity index (χ2n) is 3.62. The average molecular weight is 247 g/mol. The minimum atomic E-state index is 0.569. The number of halogens is 1. The standard InChI is InChI=1S/C14H13ClNO/c1-17-13-4-2-3-11(9-13)14-6-8-16-10-12(14)5-7-15/h2-4,6,8-9H,5,7H2,1H3. The topological polar surface area (TPSA) is 22.1 Å². The first-order valence-electron chi connectivity index (χ1n) is 5.41. The van der Waals surface area contributed by atoms with Crippen molar-refractivity contribution in [1.29, 1.82) is 0 Å². The summed E-state index contributed by atoms with van der Waals surface area (Å²) < 4.78 is 5.22. The molecule has 1 heterocycles. The third-order valence-electron chi connectivity index (χ3n) is 2.57. The number of aryl methyl sites for hydroxylation is 1. The average Bonchev–Trinajstić information content (AvgIpc) is 2.40. The molecule has 0 saturated carbocycles. The van der Waals surface area contributed by atoms with Crippen molar-refractivity contribution in [3.8, 4) is 16.9 Å². The summed E-state index contributed by atoms with van der Waals surface area (Å²) in [6.45, 7) is 0. The molecule has 1 radical (unpaired) electrons. The summed E-state index contributed by atoms with van der Waals surface area (Å²) >= 11 is 5.78. The van der Waals surface area contributed by atoms with Crippen LogP contribution in [0, 0.1) is 6.20 Å². The summed E-state index contributed by atoms with van der Waals surface area (Å²) in [6, 6.07) is 9.92. The Hall–Kier alpha value is -1.54. The number of hydrogen-bond donors (Lipinski definition) is 0. The monoisotopic (exact) mass is 246 g/mol. The van der Waals surface area contributed by atoms with Crippen LogP contribution in [0.25, 0.3) is 11.1 Å². The lowest BCUT2D eigenvalue weighted by atomic mass is 10.0. The molecule has 3 heteroatoms. The number of rotatable bonds is 4. The van der Waals surface area contributed by atoms with Gasteiger partial charge in [0.2, 0.25) is 0 Å². The van der Waals surface area contributed by atoms with E-state index in [0.717, 1.165) is 28.9 Å². The fourth-order valence-electron chi connectivity index (χ4n) is 1.73. The Labute approximate surface area is 106 Å². The first-order valence-corrected chi connectivity index (χ1v) is 5.94. The molecule has 0 spiro atoms. The molecule has 2 aromatic rings. The van der Waals surface area contributed by atoms with Crippen molar-refractivity contribution in [3.05, 3.63) is 48.3 Å². The second kappa shape index (κ2) is 5.69. The predicted molar refractivity (Wildman–Crippen MR) is 69.5 cm³/mol. The third kappa shape index (κ3) is 2.77. The third-order valence-corrected chi connectivity index (χ3v) is 2.75. The fourth-order valence-corrected chi connectivity index (χ4v) is 1.92. The quantitative estimate of drug-likeness (QED) is 0.772. The van der Waals surface area contributed by atoms with Crippen LogP contribution in [0.1, 0.15) is 5.56 Å². The minimum Gasteiger partial charge on any atom is -0.497 e. The molecule has 0 fully saturated rings. The summed E-state index contributed by atoms with van der Waals surface area (Å²) in [5.74, 6) is 1.41. The van der Waals surface area contributed by atoms with Crippen LogP contribution in [0.5, 0.6) is 5.75 Å². The molecule has 87 valence electrons. The summed E-state index contributed by atoms with van der Waals surface area (Å²) in [6.07, 6.45) is 5.51. The Morgan fingerprint density at radius 3 is 3.00 bits per heavy atom. The van der Waals surface area contributed by atoms with Crippen molar-refractivity contribution in [2.24, 2.45) is 0 Å². The fraction of sp³-hybridized carbons (Fsp3) is 0.214. The Morgan fingerprint density at radius 2 is 2.24 bits per heavy atom. The van der Waals surface area contributed by atoms with Gasteiger partial charge < -0.3 is 4.74 Å². The molecule has 0 unspecified atom stereocenters. The van der Waals surface area contributed by atoms with E-state index in [0.29, 0.717) is 5.88 Å². The lowest BCUT2D eigenvalue weighted by Gasteiger charge is -2.08. The first-order chi connectivity index (χ1) is 8.35. The van der Waals surface area contributed by atoms with Gasteiger partial charge in [-0.05, 0) is 41.3 Å². The molecular formula is C14H13ClNO. The van der Waals surface area contributed by atoms with E-state index in [2.05, 4.69) is 11.2 Å². The largest absolute Gasteiger partial charge is 0.497 e. The van der Waals surface area contributed by atoms with Crippen LogP contribution in [0.2, 0.25) is 0 Å². The summed E-state index contributed by atoms with van der Waals surface area (Å²) in [5.41, 5.74) is 3.25. The first kappa shape index (κ1) is 11.9. The van der Waals surface area contributed by atoms with Gasteiger partial charge in [0.25, 0.3) is 0 Å². The Morgan fingerprint density at radius 1 is 1.35 bits per heavy atom. The van der Waals surface area contributed by atoms with Crippen molar-refractivity contribution >= 4 is 11.6 Å². The number of nitrogens with zero attached hydrogens (tertiary/aromatic N) is 1. The van der Waals surface area contributed by atoms with Gasteiger partial charge in [-0.1, -0.05) is 12.1 Å². The van der Waals surface area contributed by atoms with Crippen molar-refractivity contribution in [2.75, 3.05) is 13.0 Å². The highest BCUT2D eigenvalue weighted by Crippen LogP contribution is 2.26. The van der Waals surface area contributed by atoms with E-state index >= 15 is 0 Å². The van der Waals surface area contributed by atoms with E-state index < -0.39 is 0 Å². The smallest absolute Gasteiger partial charge is 0.119 e. The van der Waals surface area contributed by atoms with Gasteiger partial charge in [-0.15, -0.1) is 11.6 Å². The van der Waals surface area contributed by atoms with Crippen LogP contribution < -0.4 is 4.74 Å². The van der Waals surface area contributed by atoms with Gasteiger partial charge in [0.15, 0.2) is 0 Å². The van der Waals surface area contributed by atoms with E-state index in [1.54, 1.807) is 13.3 Å². The number of benzene rings is 1. The minimum absolute atomic E-state index is 0.569. The van der Waals surface area contributed by atoms with Crippen molar-refractivity contribution in [2.45, 2.75) is 6.42 Å². The van der Waals surface area contributed by atoms with Gasteiger partial charge >= 0.3 is 0 Å². The van der Waals surface area contributed by atoms with Crippen molar-refractivity contribution < 1.29 is 4.74 Å². The Bertz CT molecular complexity index is 499. The molecule has 1 aromatic carbocycles.